The van der Waals surface area contributed by atoms with Crippen molar-refractivity contribution in [1.29, 1.82) is 0 Å². The average molecular weight is 751 g/mol. The van der Waals surface area contributed by atoms with Gasteiger partial charge in [0, 0.05) is 12.8 Å². The number of carbonyl (C=O) groups excluding carboxylic acids is 2. The van der Waals surface area contributed by atoms with E-state index in [1.807, 2.05) is 12.2 Å². The molecule has 0 fully saturated rings. The number of rotatable bonds is 37. The summed E-state index contributed by atoms with van der Waals surface area (Å²) in [6.07, 6.45) is 48.1. The van der Waals surface area contributed by atoms with E-state index in [0.717, 1.165) is 44.9 Å². The molecular weight excluding hydrogens is 675 g/mol. The molecule has 0 rings (SSSR count). The largest absolute Gasteiger partial charge is 0.469 e. The molecule has 0 amide bonds. The number of allylic oxidation sites excluding steroid dienone is 10. The molecule has 0 aromatic carbocycles. The Balaban J connectivity index is 4.06. The van der Waals surface area contributed by atoms with Gasteiger partial charge in [-0.25, -0.2) is 4.57 Å². The van der Waals surface area contributed by atoms with Crippen LogP contribution in [-0.4, -0.2) is 41.0 Å². The van der Waals surface area contributed by atoms with Crippen molar-refractivity contribution >= 4 is 19.8 Å². The summed E-state index contributed by atoms with van der Waals surface area (Å²) in [5.74, 6) is -0.980. The van der Waals surface area contributed by atoms with E-state index in [4.69, 9.17) is 19.3 Å². The minimum atomic E-state index is -4.77. The van der Waals surface area contributed by atoms with Gasteiger partial charge in [-0.1, -0.05) is 177 Å². The van der Waals surface area contributed by atoms with Gasteiger partial charge in [-0.2, -0.15) is 0 Å². The quantitative estimate of drug-likeness (QED) is 0.0279. The van der Waals surface area contributed by atoms with Crippen molar-refractivity contribution < 1.29 is 37.9 Å². The van der Waals surface area contributed by atoms with Crippen LogP contribution in [0.2, 0.25) is 0 Å². The number of hydrogen-bond donors (Lipinski definition) is 2. The Morgan fingerprint density at radius 2 is 0.904 bits per heavy atom. The molecule has 0 heterocycles. The maximum atomic E-state index is 12.4. The Morgan fingerprint density at radius 3 is 1.37 bits per heavy atom. The van der Waals surface area contributed by atoms with Crippen LogP contribution in [0.5, 0.6) is 0 Å². The summed E-state index contributed by atoms with van der Waals surface area (Å²) in [4.78, 5) is 42.8. The molecule has 300 valence electrons. The maximum Gasteiger partial charge on any atom is 0.469 e. The Morgan fingerprint density at radius 1 is 0.500 bits per heavy atom. The number of phosphoric acid groups is 1. The average Bonchev–Trinajstić information content (AvgIpc) is 3.11. The molecule has 0 saturated heterocycles. The fourth-order valence-corrected chi connectivity index (χ4v) is 5.83. The van der Waals surface area contributed by atoms with Gasteiger partial charge < -0.3 is 19.3 Å². The number of phosphoric ester groups is 1. The van der Waals surface area contributed by atoms with E-state index in [2.05, 4.69) is 67.0 Å². The van der Waals surface area contributed by atoms with Gasteiger partial charge in [0.2, 0.25) is 0 Å². The highest BCUT2D eigenvalue weighted by atomic mass is 31.2. The van der Waals surface area contributed by atoms with Gasteiger partial charge >= 0.3 is 19.8 Å². The van der Waals surface area contributed by atoms with Crippen LogP contribution in [0, 0.1) is 0 Å². The van der Waals surface area contributed by atoms with E-state index in [1.54, 1.807) is 0 Å². The molecule has 0 aliphatic carbocycles. The molecule has 8 nitrogen and oxygen atoms in total. The summed E-state index contributed by atoms with van der Waals surface area (Å²) in [5, 5.41) is 0. The summed E-state index contributed by atoms with van der Waals surface area (Å²) in [7, 11) is -4.77. The highest BCUT2D eigenvalue weighted by Gasteiger charge is 2.22. The zero-order chi connectivity index (χ0) is 38.2. The fraction of sp³-hybridized carbons (Fsp3) is 0.721. The van der Waals surface area contributed by atoms with Crippen LogP contribution in [0.4, 0.5) is 0 Å². The van der Waals surface area contributed by atoms with Gasteiger partial charge in [0.25, 0.3) is 0 Å². The standard InChI is InChI=1S/C43H75O8P/c1-3-5-7-9-11-13-15-17-19-20-21-22-24-25-27-29-31-33-35-37-42(44)49-39-41(40-50-52(46,47)48)51-43(45)38-36-34-32-30-28-26-23-18-16-14-12-10-8-6-4-2/h11,13,17,19,21-22,25,27,31,33,41H,3-10,12,14-16,18,20,23-24,26,28-30,32,34-40H2,1-2H3,(H2,46,47,48)/b13-11+,19-17+,22-21+,27-25+,33-31+/t41-/m1/s1. The van der Waals surface area contributed by atoms with Crippen molar-refractivity contribution in [3.05, 3.63) is 60.8 Å². The summed E-state index contributed by atoms with van der Waals surface area (Å²) >= 11 is 0. The Hall–Kier alpha value is -2.25. The first-order valence-electron chi connectivity index (χ1n) is 20.6. The second-order valence-electron chi connectivity index (χ2n) is 13.6. The van der Waals surface area contributed by atoms with Crippen LogP contribution in [-0.2, 0) is 28.2 Å². The SMILES string of the molecule is CCCCC/C=C/C/C=C/C/C=C/C/C=C/C/C=C/CCC(=O)OC[C@H](COP(=O)(O)O)OC(=O)CCCCCCCCCCCCCCCCC. The lowest BCUT2D eigenvalue weighted by Crippen LogP contribution is -2.29. The first-order chi connectivity index (χ1) is 25.3. The van der Waals surface area contributed by atoms with Gasteiger partial charge in [0.15, 0.2) is 6.10 Å². The third-order valence-corrected chi connectivity index (χ3v) is 9.04. The van der Waals surface area contributed by atoms with Crippen LogP contribution in [0.25, 0.3) is 0 Å². The summed E-state index contributed by atoms with van der Waals surface area (Å²) in [6, 6.07) is 0. The Bertz CT molecular complexity index is 1030. The number of ether oxygens (including phenoxy) is 2. The highest BCUT2D eigenvalue weighted by Crippen LogP contribution is 2.36. The third kappa shape index (κ3) is 40.5. The van der Waals surface area contributed by atoms with E-state index in [-0.39, 0.29) is 19.4 Å². The zero-order valence-corrected chi connectivity index (χ0v) is 33.8. The van der Waals surface area contributed by atoms with Gasteiger partial charge in [-0.15, -0.1) is 0 Å². The molecule has 0 saturated carbocycles. The number of esters is 2. The molecular formula is C43H75O8P. The highest BCUT2D eigenvalue weighted by molar-refractivity contribution is 7.46. The maximum absolute atomic E-state index is 12.4. The Kier molecular flexibility index (Phi) is 36.8. The number of unbranched alkanes of at least 4 members (excludes halogenated alkanes) is 17. The summed E-state index contributed by atoms with van der Waals surface area (Å²) < 4.78 is 26.3. The number of hydrogen-bond acceptors (Lipinski definition) is 6. The minimum Gasteiger partial charge on any atom is -0.462 e. The van der Waals surface area contributed by atoms with E-state index in [1.165, 1.54) is 96.3 Å². The van der Waals surface area contributed by atoms with Gasteiger partial charge in [-0.3, -0.25) is 14.1 Å². The lowest BCUT2D eigenvalue weighted by molar-refractivity contribution is -0.161. The molecule has 0 radical (unpaired) electrons. The Labute approximate surface area is 317 Å². The third-order valence-electron chi connectivity index (χ3n) is 8.55. The minimum absolute atomic E-state index is 0.143. The van der Waals surface area contributed by atoms with Crippen molar-refractivity contribution in [3.63, 3.8) is 0 Å². The zero-order valence-electron chi connectivity index (χ0n) is 32.9. The van der Waals surface area contributed by atoms with E-state index in [9.17, 15) is 14.2 Å². The molecule has 2 N–H and O–H groups in total. The van der Waals surface area contributed by atoms with Crippen molar-refractivity contribution in [1.82, 2.24) is 0 Å². The molecule has 0 unspecified atom stereocenters. The van der Waals surface area contributed by atoms with Crippen LogP contribution < -0.4 is 0 Å². The van der Waals surface area contributed by atoms with Crippen LogP contribution >= 0.6 is 7.82 Å². The fourth-order valence-electron chi connectivity index (χ4n) is 5.47. The smallest absolute Gasteiger partial charge is 0.462 e. The lowest BCUT2D eigenvalue weighted by atomic mass is 10.0. The molecule has 1 atom stereocenters. The van der Waals surface area contributed by atoms with Crippen LogP contribution in [0.1, 0.15) is 181 Å². The first kappa shape index (κ1) is 49.8. The molecule has 0 aromatic rings. The second-order valence-corrected chi connectivity index (χ2v) is 14.9. The van der Waals surface area contributed by atoms with E-state index >= 15 is 0 Å². The molecule has 0 aliphatic heterocycles. The molecule has 0 aliphatic rings. The topological polar surface area (TPSA) is 119 Å². The van der Waals surface area contributed by atoms with Crippen molar-refractivity contribution in [2.45, 2.75) is 187 Å². The molecule has 0 bridgehead atoms. The van der Waals surface area contributed by atoms with Crippen LogP contribution in [0.15, 0.2) is 60.8 Å². The van der Waals surface area contributed by atoms with Crippen molar-refractivity contribution in [2.75, 3.05) is 13.2 Å². The molecule has 0 aromatic heterocycles. The van der Waals surface area contributed by atoms with E-state index < -0.39 is 32.5 Å². The predicted molar refractivity (Wildman–Crippen MR) is 216 cm³/mol. The van der Waals surface area contributed by atoms with Gasteiger partial charge in [0.05, 0.1) is 6.61 Å². The number of carbonyl (C=O) groups is 2. The molecule has 52 heavy (non-hydrogen) atoms. The van der Waals surface area contributed by atoms with Crippen molar-refractivity contribution in [2.24, 2.45) is 0 Å². The normalized spacial score (nSPS) is 13.1. The predicted octanol–water partition coefficient (Wildman–Crippen LogP) is 12.5. The van der Waals surface area contributed by atoms with Gasteiger partial charge in [0.1, 0.15) is 6.61 Å². The van der Waals surface area contributed by atoms with Crippen LogP contribution in [0.3, 0.4) is 0 Å². The second kappa shape index (κ2) is 38.5. The van der Waals surface area contributed by atoms with Crippen molar-refractivity contribution in [3.8, 4) is 0 Å². The van der Waals surface area contributed by atoms with Gasteiger partial charge in [-0.05, 0) is 51.4 Å². The monoisotopic (exact) mass is 751 g/mol. The summed E-state index contributed by atoms with van der Waals surface area (Å²) in [6.45, 7) is 3.59. The summed E-state index contributed by atoms with van der Waals surface area (Å²) in [5.41, 5.74) is 0. The lowest BCUT2D eigenvalue weighted by Gasteiger charge is -2.18. The first-order valence-corrected chi connectivity index (χ1v) is 22.1. The van der Waals surface area contributed by atoms with E-state index in [0.29, 0.717) is 12.8 Å². The molecule has 9 heteroatoms. The molecule has 0 spiro atoms.